The van der Waals surface area contributed by atoms with E-state index in [1.54, 1.807) is 25.5 Å². The average Bonchev–Trinajstić information content (AvgIpc) is 2.48. The van der Waals surface area contributed by atoms with Gasteiger partial charge < -0.3 is 15.3 Å². The molecule has 0 aliphatic rings. The van der Waals surface area contributed by atoms with Crippen LogP contribution in [-0.4, -0.2) is 39.0 Å². The van der Waals surface area contributed by atoms with E-state index in [9.17, 15) is 9.59 Å². The Kier molecular flexibility index (Phi) is 4.45. The van der Waals surface area contributed by atoms with Gasteiger partial charge in [0, 0.05) is 32.2 Å². The average molecular weight is 286 g/mol. The first-order valence-corrected chi connectivity index (χ1v) is 6.15. The maximum Gasteiger partial charge on any atom is 0.337 e. The maximum atomic E-state index is 12.0. The molecular weight excluding hydrogens is 272 g/mol. The fourth-order valence-corrected chi connectivity index (χ4v) is 1.68. The number of aromatic carboxylic acids is 1. The predicted molar refractivity (Wildman–Crippen MR) is 75.9 cm³/mol. The lowest BCUT2D eigenvalue weighted by molar-refractivity contribution is 0.0696. The van der Waals surface area contributed by atoms with Crippen molar-refractivity contribution < 1.29 is 14.7 Å². The van der Waals surface area contributed by atoms with Crippen LogP contribution < -0.4 is 5.32 Å². The summed E-state index contributed by atoms with van der Waals surface area (Å²) in [6, 6.07) is 4.65. The van der Waals surface area contributed by atoms with Crippen LogP contribution in [0.25, 0.3) is 0 Å². The molecule has 2 amide bonds. The first kappa shape index (κ1) is 14.4. The van der Waals surface area contributed by atoms with Crippen LogP contribution in [0.1, 0.15) is 15.9 Å². The van der Waals surface area contributed by atoms with Gasteiger partial charge in [0.1, 0.15) is 0 Å². The molecule has 21 heavy (non-hydrogen) atoms. The van der Waals surface area contributed by atoms with E-state index in [1.165, 1.54) is 23.4 Å². The maximum absolute atomic E-state index is 12.0. The summed E-state index contributed by atoms with van der Waals surface area (Å²) in [4.78, 5) is 32.1. The van der Waals surface area contributed by atoms with Gasteiger partial charge in [-0.3, -0.25) is 9.97 Å². The summed E-state index contributed by atoms with van der Waals surface area (Å²) < 4.78 is 0. The van der Waals surface area contributed by atoms with Gasteiger partial charge in [-0.05, 0) is 17.7 Å². The molecule has 2 rings (SSSR count). The van der Waals surface area contributed by atoms with Crippen LogP contribution in [0.5, 0.6) is 0 Å². The number of urea groups is 1. The molecular formula is C14H14N4O3. The fourth-order valence-electron chi connectivity index (χ4n) is 1.68. The number of nitrogens with one attached hydrogen (secondary N) is 1. The number of hydrogen-bond donors (Lipinski definition) is 2. The second kappa shape index (κ2) is 6.47. The third kappa shape index (κ3) is 4.00. The Morgan fingerprint density at radius 3 is 2.76 bits per heavy atom. The molecule has 0 saturated heterocycles. The van der Waals surface area contributed by atoms with Crippen LogP contribution in [0.4, 0.5) is 10.5 Å². The number of pyridine rings is 2. The van der Waals surface area contributed by atoms with E-state index < -0.39 is 5.97 Å². The summed E-state index contributed by atoms with van der Waals surface area (Å²) in [5, 5.41) is 11.5. The third-order valence-electron chi connectivity index (χ3n) is 2.73. The largest absolute Gasteiger partial charge is 0.478 e. The molecule has 2 aromatic rings. The summed E-state index contributed by atoms with van der Waals surface area (Å²) in [7, 11) is 1.64. The van der Waals surface area contributed by atoms with Gasteiger partial charge in [0.2, 0.25) is 0 Å². The molecule has 0 aliphatic heterocycles. The quantitative estimate of drug-likeness (QED) is 0.894. The van der Waals surface area contributed by atoms with Crippen LogP contribution >= 0.6 is 0 Å². The summed E-state index contributed by atoms with van der Waals surface area (Å²) >= 11 is 0. The molecule has 108 valence electrons. The highest BCUT2D eigenvalue weighted by Crippen LogP contribution is 2.10. The van der Waals surface area contributed by atoms with Gasteiger partial charge in [-0.25, -0.2) is 9.59 Å². The molecule has 7 nitrogen and oxygen atoms in total. The van der Waals surface area contributed by atoms with E-state index in [1.807, 2.05) is 6.07 Å². The van der Waals surface area contributed by atoms with Gasteiger partial charge in [-0.15, -0.1) is 0 Å². The summed E-state index contributed by atoms with van der Waals surface area (Å²) in [6.45, 7) is 0.395. The van der Waals surface area contributed by atoms with Crippen molar-refractivity contribution in [3.63, 3.8) is 0 Å². The van der Waals surface area contributed by atoms with Gasteiger partial charge in [-0.1, -0.05) is 6.07 Å². The molecule has 0 aliphatic carbocycles. The second-order valence-electron chi connectivity index (χ2n) is 4.41. The fraction of sp³-hybridized carbons (Fsp3) is 0.143. The van der Waals surface area contributed by atoms with Crippen molar-refractivity contribution >= 4 is 17.7 Å². The van der Waals surface area contributed by atoms with Gasteiger partial charge in [-0.2, -0.15) is 0 Å². The number of anilines is 1. The van der Waals surface area contributed by atoms with Gasteiger partial charge in [0.25, 0.3) is 0 Å². The van der Waals surface area contributed by atoms with E-state index in [0.29, 0.717) is 12.2 Å². The number of carbonyl (C=O) groups excluding carboxylic acids is 1. The molecule has 0 fully saturated rings. The Morgan fingerprint density at radius 1 is 1.29 bits per heavy atom. The molecule has 0 unspecified atom stereocenters. The van der Waals surface area contributed by atoms with Crippen LogP contribution in [-0.2, 0) is 6.54 Å². The minimum Gasteiger partial charge on any atom is -0.478 e. The highest BCUT2D eigenvalue weighted by Gasteiger charge is 2.11. The SMILES string of the molecule is CN(Cc1cccnc1)C(=O)Nc1cncc(C(=O)O)c1. The summed E-state index contributed by atoms with van der Waals surface area (Å²) in [5.74, 6) is -1.10. The zero-order valence-electron chi connectivity index (χ0n) is 11.4. The molecule has 2 N–H and O–H groups in total. The highest BCUT2D eigenvalue weighted by atomic mass is 16.4. The van der Waals surface area contributed by atoms with Crippen molar-refractivity contribution in [2.45, 2.75) is 6.54 Å². The predicted octanol–water partition coefficient (Wildman–Crippen LogP) is 1.84. The van der Waals surface area contributed by atoms with Crippen LogP contribution in [0, 0.1) is 0 Å². The number of rotatable bonds is 4. The number of amides is 2. The van der Waals surface area contributed by atoms with Crippen molar-refractivity contribution in [1.29, 1.82) is 0 Å². The van der Waals surface area contributed by atoms with Crippen LogP contribution in [0.3, 0.4) is 0 Å². The van der Waals surface area contributed by atoms with Gasteiger partial charge in [0.05, 0.1) is 17.4 Å². The lowest BCUT2D eigenvalue weighted by atomic mass is 10.2. The molecule has 0 atom stereocenters. The zero-order chi connectivity index (χ0) is 15.2. The van der Waals surface area contributed by atoms with E-state index in [0.717, 1.165) is 5.56 Å². The van der Waals surface area contributed by atoms with E-state index in [4.69, 9.17) is 5.11 Å². The number of carbonyl (C=O) groups is 2. The Morgan fingerprint density at radius 2 is 2.10 bits per heavy atom. The Bertz CT molecular complexity index is 646. The molecule has 0 spiro atoms. The third-order valence-corrected chi connectivity index (χ3v) is 2.73. The molecule has 0 aromatic carbocycles. The lowest BCUT2D eigenvalue weighted by Gasteiger charge is -2.17. The molecule has 0 bridgehead atoms. The topological polar surface area (TPSA) is 95.4 Å². The molecule has 0 radical (unpaired) electrons. The number of hydrogen-bond acceptors (Lipinski definition) is 4. The Balaban J connectivity index is 2.00. The van der Waals surface area contributed by atoms with Crippen molar-refractivity contribution in [2.24, 2.45) is 0 Å². The molecule has 2 aromatic heterocycles. The number of carboxylic acids is 1. The zero-order valence-corrected chi connectivity index (χ0v) is 11.4. The van der Waals surface area contributed by atoms with Crippen molar-refractivity contribution in [3.8, 4) is 0 Å². The Hall–Kier alpha value is -2.96. The minimum atomic E-state index is -1.10. The summed E-state index contributed by atoms with van der Waals surface area (Å²) in [5.41, 5.74) is 1.24. The van der Waals surface area contributed by atoms with E-state index in [-0.39, 0.29) is 11.6 Å². The van der Waals surface area contributed by atoms with Crippen LogP contribution in [0.15, 0.2) is 43.0 Å². The molecule has 2 heterocycles. The van der Waals surface area contributed by atoms with Crippen LogP contribution in [0.2, 0.25) is 0 Å². The number of nitrogens with zero attached hydrogens (tertiary/aromatic N) is 3. The van der Waals surface area contributed by atoms with Crippen molar-refractivity contribution in [2.75, 3.05) is 12.4 Å². The Labute approximate surface area is 121 Å². The minimum absolute atomic E-state index is 0.0164. The normalized spacial score (nSPS) is 9.95. The summed E-state index contributed by atoms with van der Waals surface area (Å²) in [6.07, 6.45) is 5.95. The van der Waals surface area contributed by atoms with Crippen molar-refractivity contribution in [3.05, 3.63) is 54.1 Å². The smallest absolute Gasteiger partial charge is 0.337 e. The van der Waals surface area contributed by atoms with Crippen molar-refractivity contribution in [1.82, 2.24) is 14.9 Å². The second-order valence-corrected chi connectivity index (χ2v) is 4.41. The number of aromatic nitrogens is 2. The molecule has 0 saturated carbocycles. The van der Waals surface area contributed by atoms with Gasteiger partial charge >= 0.3 is 12.0 Å². The van der Waals surface area contributed by atoms with E-state index in [2.05, 4.69) is 15.3 Å². The monoisotopic (exact) mass is 286 g/mol. The molecule has 7 heteroatoms. The first-order valence-electron chi connectivity index (χ1n) is 6.15. The first-order chi connectivity index (χ1) is 10.1. The van der Waals surface area contributed by atoms with E-state index >= 15 is 0 Å². The number of carboxylic acid groups (broad SMARTS) is 1. The highest BCUT2D eigenvalue weighted by molar-refractivity contribution is 5.92. The lowest BCUT2D eigenvalue weighted by Crippen LogP contribution is -2.31. The standard InChI is InChI=1S/C14H14N4O3/c1-18(9-10-3-2-4-15-6-10)14(21)17-12-5-11(13(19)20)7-16-8-12/h2-8H,9H2,1H3,(H,17,21)(H,19,20). The van der Waals surface area contributed by atoms with Gasteiger partial charge in [0.15, 0.2) is 0 Å².